The van der Waals surface area contributed by atoms with Crippen LogP contribution in [0.5, 0.6) is 5.75 Å². The number of hydrogen-bond donors (Lipinski definition) is 4. The first kappa shape index (κ1) is 26.5. The van der Waals surface area contributed by atoms with Crippen molar-refractivity contribution in [1.29, 1.82) is 0 Å². The second-order valence-corrected chi connectivity index (χ2v) is 9.26. The molecule has 1 amide bonds. The number of carbonyl (C=O) groups is 1. The Morgan fingerprint density at radius 3 is 2.60 bits per heavy atom. The average molecular weight is 484 g/mol. The highest BCUT2D eigenvalue weighted by Gasteiger charge is 2.20. The topological polar surface area (TPSA) is 112 Å². The number of aliphatic hydroxyl groups excluding tert-OH is 1. The lowest BCUT2D eigenvalue weighted by atomic mass is 10.1. The van der Waals surface area contributed by atoms with E-state index < -0.39 is 18.4 Å². The van der Waals surface area contributed by atoms with Gasteiger partial charge in [-0.2, -0.15) is 0 Å². The Morgan fingerprint density at radius 2 is 1.86 bits per heavy atom. The average Bonchev–Trinajstić information content (AvgIpc) is 3.11. The smallest absolute Gasteiger partial charge is 0.407 e. The van der Waals surface area contributed by atoms with Gasteiger partial charge in [-0.25, -0.2) is 4.79 Å². The molecule has 1 aliphatic rings. The normalized spacial score (nSPS) is 14.7. The highest BCUT2D eigenvalue weighted by Crippen LogP contribution is 2.18. The molecule has 0 aromatic heterocycles. The molecule has 2 aromatic carbocycles. The highest BCUT2D eigenvalue weighted by molar-refractivity contribution is 5.95. The fraction of sp³-hybridized carbons (Fsp3) is 0.481. The Labute approximate surface area is 207 Å². The van der Waals surface area contributed by atoms with E-state index in [-0.39, 0.29) is 18.9 Å². The van der Waals surface area contributed by atoms with Crippen LogP contribution in [0.15, 0.2) is 53.5 Å². The Hall–Kier alpha value is -3.10. The number of nitrogens with zero attached hydrogens (tertiary/aromatic N) is 1. The molecule has 0 saturated heterocycles. The van der Waals surface area contributed by atoms with Crippen LogP contribution < -0.4 is 15.4 Å². The molecule has 3 rings (SSSR count). The molecule has 1 aliphatic heterocycles. The predicted molar refractivity (Wildman–Crippen MR) is 137 cm³/mol. The van der Waals surface area contributed by atoms with E-state index in [1.54, 1.807) is 0 Å². The maximum Gasteiger partial charge on any atom is 0.407 e. The van der Waals surface area contributed by atoms with Crippen LogP contribution in [0.2, 0.25) is 0 Å². The number of carbonyl (C=O) groups excluding carboxylic acids is 1. The van der Waals surface area contributed by atoms with E-state index in [0.29, 0.717) is 12.4 Å². The lowest BCUT2D eigenvalue weighted by molar-refractivity contribution is -0.0660. The number of hydrogen-bond acceptors (Lipinski definition) is 7. The molecule has 1 heterocycles. The van der Waals surface area contributed by atoms with E-state index >= 15 is 0 Å². The van der Waals surface area contributed by atoms with Crippen LogP contribution in [0.25, 0.3) is 0 Å². The molecule has 1 unspecified atom stereocenters. The van der Waals surface area contributed by atoms with Crippen molar-refractivity contribution in [1.82, 2.24) is 5.32 Å². The summed E-state index contributed by atoms with van der Waals surface area (Å²) in [6, 6.07) is 14.6. The molecule has 0 spiro atoms. The summed E-state index contributed by atoms with van der Waals surface area (Å²) >= 11 is 0. The second kappa shape index (κ2) is 13.7. The molecule has 35 heavy (non-hydrogen) atoms. The van der Waals surface area contributed by atoms with E-state index in [9.17, 15) is 15.0 Å². The first-order valence-corrected chi connectivity index (χ1v) is 12.3. The number of nitrogens with one attached hydrogen (secondary N) is 2. The van der Waals surface area contributed by atoms with Crippen LogP contribution in [0.3, 0.4) is 0 Å². The summed E-state index contributed by atoms with van der Waals surface area (Å²) < 4.78 is 11.0. The molecule has 0 bridgehead atoms. The zero-order valence-corrected chi connectivity index (χ0v) is 20.6. The number of amides is 1. The molecule has 0 saturated carbocycles. The largest absolute Gasteiger partial charge is 0.489 e. The summed E-state index contributed by atoms with van der Waals surface area (Å²) in [7, 11) is 0. The summed E-state index contributed by atoms with van der Waals surface area (Å²) in [4.78, 5) is 16.5. The minimum absolute atomic E-state index is 0.195. The van der Waals surface area contributed by atoms with Crippen molar-refractivity contribution >= 4 is 17.6 Å². The van der Waals surface area contributed by atoms with Gasteiger partial charge in [0.2, 0.25) is 0 Å². The van der Waals surface area contributed by atoms with Gasteiger partial charge >= 0.3 is 6.09 Å². The summed E-state index contributed by atoms with van der Waals surface area (Å²) in [6.45, 7) is 5.42. The van der Waals surface area contributed by atoms with Crippen LogP contribution >= 0.6 is 0 Å². The monoisotopic (exact) mass is 483 g/mol. The number of benzene rings is 2. The maximum atomic E-state index is 11.9. The third kappa shape index (κ3) is 9.58. The van der Waals surface area contributed by atoms with Gasteiger partial charge < -0.3 is 30.3 Å². The van der Waals surface area contributed by atoms with Crippen molar-refractivity contribution in [3.8, 4) is 5.75 Å². The number of alkyl carbamates (subject to hydrolysis) is 1. The van der Waals surface area contributed by atoms with Crippen LogP contribution in [0.4, 0.5) is 10.5 Å². The Kier molecular flexibility index (Phi) is 10.4. The molecule has 1 atom stereocenters. The standard InChI is InChI=1S/C27H37N3O5/c1-19(2)17-35-27(33)30-24(26(31)32)16-20-10-12-23(13-11-20)34-18-21-7-6-8-22(15-21)29-25-9-4-3-5-14-28-25/h6-8,10-13,15,19,24,26,31-32H,3-5,9,14,16-18H2,1-2H3,(H,28,29)(H,30,33). The van der Waals surface area contributed by atoms with Crippen LogP contribution in [-0.2, 0) is 17.8 Å². The van der Waals surface area contributed by atoms with Gasteiger partial charge in [0.1, 0.15) is 18.2 Å². The van der Waals surface area contributed by atoms with Gasteiger partial charge in [-0.3, -0.25) is 4.99 Å². The molecule has 0 aliphatic carbocycles. The highest BCUT2D eigenvalue weighted by atomic mass is 16.5. The van der Waals surface area contributed by atoms with E-state index in [4.69, 9.17) is 9.47 Å². The molecule has 8 nitrogen and oxygen atoms in total. The fourth-order valence-electron chi connectivity index (χ4n) is 3.69. The Balaban J connectivity index is 1.50. The van der Waals surface area contributed by atoms with Crippen molar-refractivity contribution in [3.05, 3.63) is 59.7 Å². The summed E-state index contributed by atoms with van der Waals surface area (Å²) in [6.07, 6.45) is 2.40. The number of aliphatic imine (C=N–C) groups is 1. The number of aliphatic hydroxyl groups is 2. The lowest BCUT2D eigenvalue weighted by Gasteiger charge is -2.21. The number of amidine groups is 1. The molecule has 4 N–H and O–H groups in total. The Morgan fingerprint density at radius 1 is 1.06 bits per heavy atom. The van der Waals surface area contributed by atoms with Crippen molar-refractivity contribution in [2.75, 3.05) is 18.5 Å². The van der Waals surface area contributed by atoms with Crippen LogP contribution in [0.1, 0.15) is 50.7 Å². The number of rotatable bonds is 10. The maximum absolute atomic E-state index is 11.9. The summed E-state index contributed by atoms with van der Waals surface area (Å²) in [5.74, 6) is 1.94. The van der Waals surface area contributed by atoms with Crippen molar-refractivity contribution < 1.29 is 24.5 Å². The van der Waals surface area contributed by atoms with Crippen LogP contribution in [-0.4, -0.2) is 47.6 Å². The summed E-state index contributed by atoms with van der Waals surface area (Å²) in [5, 5.41) is 25.3. The Bertz CT molecular complexity index is 960. The number of anilines is 1. The van der Waals surface area contributed by atoms with E-state index in [1.165, 1.54) is 12.8 Å². The van der Waals surface area contributed by atoms with Gasteiger partial charge in [-0.1, -0.05) is 44.5 Å². The molecule has 8 heteroatoms. The van der Waals surface area contributed by atoms with Gasteiger partial charge in [0, 0.05) is 18.7 Å². The van der Waals surface area contributed by atoms with E-state index in [2.05, 4.69) is 21.7 Å². The van der Waals surface area contributed by atoms with Crippen molar-refractivity contribution in [3.63, 3.8) is 0 Å². The number of ether oxygens (including phenoxy) is 2. The zero-order chi connectivity index (χ0) is 25.0. The molecular formula is C27H37N3O5. The molecule has 0 radical (unpaired) electrons. The van der Waals surface area contributed by atoms with Crippen molar-refractivity contribution in [2.24, 2.45) is 10.9 Å². The molecular weight excluding hydrogens is 446 g/mol. The van der Waals surface area contributed by atoms with Crippen molar-refractivity contribution in [2.45, 2.75) is 64.9 Å². The predicted octanol–water partition coefficient (Wildman–Crippen LogP) is 4.25. The third-order valence-electron chi connectivity index (χ3n) is 5.59. The van der Waals surface area contributed by atoms with Gasteiger partial charge in [-0.15, -0.1) is 0 Å². The minimum atomic E-state index is -1.71. The van der Waals surface area contributed by atoms with Gasteiger partial charge in [0.25, 0.3) is 0 Å². The van der Waals surface area contributed by atoms with Gasteiger partial charge in [0.15, 0.2) is 6.29 Å². The van der Waals surface area contributed by atoms with Gasteiger partial charge in [-0.05, 0) is 60.6 Å². The van der Waals surface area contributed by atoms with Gasteiger partial charge in [0.05, 0.1) is 12.6 Å². The second-order valence-electron chi connectivity index (χ2n) is 9.26. The first-order chi connectivity index (χ1) is 16.9. The third-order valence-corrected chi connectivity index (χ3v) is 5.59. The van der Waals surface area contributed by atoms with E-state index in [0.717, 1.165) is 42.0 Å². The summed E-state index contributed by atoms with van der Waals surface area (Å²) in [5.41, 5.74) is 2.88. The first-order valence-electron chi connectivity index (χ1n) is 12.3. The SMILES string of the molecule is CC(C)COC(=O)NC(Cc1ccc(OCc2cccc(NC3=NCCCCC3)c2)cc1)C(O)O. The van der Waals surface area contributed by atoms with Crippen LogP contribution in [0, 0.1) is 5.92 Å². The zero-order valence-electron chi connectivity index (χ0n) is 20.6. The quantitative estimate of drug-likeness (QED) is 0.376. The molecule has 0 fully saturated rings. The molecule has 190 valence electrons. The fourth-order valence-corrected chi connectivity index (χ4v) is 3.69. The molecule has 2 aromatic rings. The minimum Gasteiger partial charge on any atom is -0.489 e. The lowest BCUT2D eigenvalue weighted by Crippen LogP contribution is -2.45. The van der Waals surface area contributed by atoms with E-state index in [1.807, 2.05) is 56.3 Å².